The van der Waals surface area contributed by atoms with E-state index in [9.17, 15) is 5.11 Å². The first-order chi connectivity index (χ1) is 6.68. The smallest absolute Gasteiger partial charge is 0.0695 e. The van der Waals surface area contributed by atoms with Crippen LogP contribution in [0.4, 0.5) is 0 Å². The van der Waals surface area contributed by atoms with Crippen molar-refractivity contribution in [3.05, 3.63) is 0 Å². The van der Waals surface area contributed by atoms with E-state index in [2.05, 4.69) is 18.7 Å². The minimum Gasteiger partial charge on any atom is -0.391 e. The van der Waals surface area contributed by atoms with Crippen molar-refractivity contribution in [2.45, 2.75) is 51.7 Å². The second-order valence-electron chi connectivity index (χ2n) is 5.38. The van der Waals surface area contributed by atoms with Gasteiger partial charge in [0.2, 0.25) is 0 Å². The van der Waals surface area contributed by atoms with Crippen LogP contribution in [0.5, 0.6) is 0 Å². The molecule has 2 fully saturated rings. The Hall–Kier alpha value is -0.0800. The zero-order valence-corrected chi connectivity index (χ0v) is 9.45. The van der Waals surface area contributed by atoms with Crippen LogP contribution >= 0.6 is 0 Å². The fourth-order valence-electron chi connectivity index (χ4n) is 2.76. The molecule has 2 unspecified atom stereocenters. The summed E-state index contributed by atoms with van der Waals surface area (Å²) in [5.41, 5.74) is 0. The Morgan fingerprint density at radius 1 is 1.14 bits per heavy atom. The van der Waals surface area contributed by atoms with Crippen LogP contribution < -0.4 is 0 Å². The lowest BCUT2D eigenvalue weighted by Gasteiger charge is -2.48. The van der Waals surface area contributed by atoms with Crippen LogP contribution in [0, 0.1) is 11.8 Å². The van der Waals surface area contributed by atoms with Gasteiger partial charge in [-0.3, -0.25) is 4.90 Å². The molecule has 0 aromatic rings. The lowest BCUT2D eigenvalue weighted by Crippen LogP contribution is -2.57. The van der Waals surface area contributed by atoms with Gasteiger partial charge in [-0.05, 0) is 24.7 Å². The summed E-state index contributed by atoms with van der Waals surface area (Å²) in [6, 6.07) is 0.485. The molecule has 0 aromatic heterocycles. The van der Waals surface area contributed by atoms with Gasteiger partial charge in [0, 0.05) is 19.1 Å². The topological polar surface area (TPSA) is 23.5 Å². The Morgan fingerprint density at radius 2 is 1.79 bits per heavy atom. The van der Waals surface area contributed by atoms with Crippen molar-refractivity contribution in [3.8, 4) is 0 Å². The first-order valence-electron chi connectivity index (χ1n) is 6.10. The normalized spacial score (nSPS) is 36.0. The molecule has 0 amide bonds. The SMILES string of the molecule is CC(C)C1CN(C2CCCCC2O)C1. The Balaban J connectivity index is 1.80. The monoisotopic (exact) mass is 197 g/mol. The first kappa shape index (κ1) is 10.4. The molecule has 0 bridgehead atoms. The molecule has 14 heavy (non-hydrogen) atoms. The average Bonchev–Trinajstić information content (AvgIpc) is 2.05. The Kier molecular flexibility index (Phi) is 3.13. The second-order valence-corrected chi connectivity index (χ2v) is 5.38. The first-order valence-corrected chi connectivity index (χ1v) is 6.10. The highest BCUT2D eigenvalue weighted by Crippen LogP contribution is 2.31. The van der Waals surface area contributed by atoms with Crippen molar-refractivity contribution >= 4 is 0 Å². The third-order valence-electron chi connectivity index (χ3n) is 4.04. The maximum Gasteiger partial charge on any atom is 0.0695 e. The molecule has 2 heteroatoms. The minimum atomic E-state index is -0.0446. The highest BCUT2D eigenvalue weighted by Gasteiger charge is 2.37. The van der Waals surface area contributed by atoms with Crippen LogP contribution in [0.2, 0.25) is 0 Å². The van der Waals surface area contributed by atoms with Crippen LogP contribution in [0.15, 0.2) is 0 Å². The van der Waals surface area contributed by atoms with Crippen molar-refractivity contribution in [1.29, 1.82) is 0 Å². The molecule has 0 aromatic carbocycles. The van der Waals surface area contributed by atoms with E-state index in [1.807, 2.05) is 0 Å². The van der Waals surface area contributed by atoms with Crippen molar-refractivity contribution < 1.29 is 5.11 Å². The lowest BCUT2D eigenvalue weighted by atomic mass is 9.83. The molecule has 82 valence electrons. The van der Waals surface area contributed by atoms with Crippen molar-refractivity contribution in [2.24, 2.45) is 11.8 Å². The van der Waals surface area contributed by atoms with Gasteiger partial charge in [0.05, 0.1) is 6.10 Å². The molecule has 2 nitrogen and oxygen atoms in total. The van der Waals surface area contributed by atoms with Crippen LogP contribution in [0.1, 0.15) is 39.5 Å². The third-order valence-corrected chi connectivity index (χ3v) is 4.04. The molecule has 1 aliphatic heterocycles. The number of aliphatic hydroxyl groups is 1. The maximum absolute atomic E-state index is 9.89. The van der Waals surface area contributed by atoms with Crippen LogP contribution in [-0.4, -0.2) is 35.2 Å². The van der Waals surface area contributed by atoms with Gasteiger partial charge in [0.25, 0.3) is 0 Å². The fourth-order valence-corrected chi connectivity index (χ4v) is 2.76. The highest BCUT2D eigenvalue weighted by molar-refractivity contribution is 4.91. The van der Waals surface area contributed by atoms with Gasteiger partial charge in [-0.2, -0.15) is 0 Å². The van der Waals surface area contributed by atoms with Gasteiger partial charge in [-0.25, -0.2) is 0 Å². The van der Waals surface area contributed by atoms with Crippen LogP contribution in [0.3, 0.4) is 0 Å². The molecule has 1 saturated heterocycles. The number of rotatable bonds is 2. The zero-order valence-electron chi connectivity index (χ0n) is 9.45. The van der Waals surface area contributed by atoms with Gasteiger partial charge in [-0.1, -0.05) is 26.7 Å². The summed E-state index contributed by atoms with van der Waals surface area (Å²) in [5.74, 6) is 1.69. The Labute approximate surface area is 87.3 Å². The Bertz CT molecular complexity index is 187. The van der Waals surface area contributed by atoms with Crippen LogP contribution in [-0.2, 0) is 0 Å². The summed E-state index contributed by atoms with van der Waals surface area (Å²) >= 11 is 0. The van der Waals surface area contributed by atoms with E-state index in [0.717, 1.165) is 18.3 Å². The fraction of sp³-hybridized carbons (Fsp3) is 1.00. The van der Waals surface area contributed by atoms with Crippen molar-refractivity contribution in [2.75, 3.05) is 13.1 Å². The molecule has 2 atom stereocenters. The predicted molar refractivity (Wildman–Crippen MR) is 58.2 cm³/mol. The number of nitrogens with zero attached hydrogens (tertiary/aromatic N) is 1. The summed E-state index contributed by atoms with van der Waals surface area (Å²) in [6.07, 6.45) is 4.72. The molecule has 2 rings (SSSR count). The summed E-state index contributed by atoms with van der Waals surface area (Å²) in [5, 5.41) is 9.89. The number of hydrogen-bond acceptors (Lipinski definition) is 2. The maximum atomic E-state index is 9.89. The summed E-state index contributed by atoms with van der Waals surface area (Å²) in [7, 11) is 0. The third kappa shape index (κ3) is 1.96. The van der Waals surface area contributed by atoms with E-state index in [0.29, 0.717) is 6.04 Å². The van der Waals surface area contributed by atoms with Gasteiger partial charge < -0.3 is 5.11 Å². The van der Waals surface area contributed by atoms with Gasteiger partial charge in [-0.15, -0.1) is 0 Å². The van der Waals surface area contributed by atoms with Crippen LogP contribution in [0.25, 0.3) is 0 Å². The van der Waals surface area contributed by atoms with Gasteiger partial charge >= 0.3 is 0 Å². The van der Waals surface area contributed by atoms with E-state index in [-0.39, 0.29) is 6.10 Å². The second kappa shape index (κ2) is 4.19. The van der Waals surface area contributed by atoms with E-state index in [1.54, 1.807) is 0 Å². The molecular formula is C12H23NO. The van der Waals surface area contributed by atoms with Gasteiger partial charge in [0.15, 0.2) is 0 Å². The molecule has 1 aliphatic carbocycles. The van der Waals surface area contributed by atoms with E-state index in [4.69, 9.17) is 0 Å². The Morgan fingerprint density at radius 3 is 2.36 bits per heavy atom. The van der Waals surface area contributed by atoms with Crippen molar-refractivity contribution in [3.63, 3.8) is 0 Å². The van der Waals surface area contributed by atoms with Gasteiger partial charge in [0.1, 0.15) is 0 Å². The van der Waals surface area contributed by atoms with Crippen molar-refractivity contribution in [1.82, 2.24) is 4.90 Å². The van der Waals surface area contributed by atoms with E-state index >= 15 is 0 Å². The summed E-state index contributed by atoms with van der Waals surface area (Å²) in [4.78, 5) is 2.49. The van der Waals surface area contributed by atoms with E-state index in [1.165, 1.54) is 32.4 Å². The average molecular weight is 197 g/mol. The number of likely N-dealkylation sites (tertiary alicyclic amines) is 1. The predicted octanol–water partition coefficient (Wildman–Crippen LogP) is 1.88. The number of hydrogen-bond donors (Lipinski definition) is 1. The zero-order chi connectivity index (χ0) is 10.1. The quantitative estimate of drug-likeness (QED) is 0.730. The van der Waals surface area contributed by atoms with E-state index < -0.39 is 0 Å². The largest absolute Gasteiger partial charge is 0.391 e. The highest BCUT2D eigenvalue weighted by atomic mass is 16.3. The molecule has 0 radical (unpaired) electrons. The molecule has 1 N–H and O–H groups in total. The molecule has 0 spiro atoms. The lowest BCUT2D eigenvalue weighted by molar-refractivity contribution is -0.0467. The number of aliphatic hydroxyl groups excluding tert-OH is 1. The molecule has 1 saturated carbocycles. The minimum absolute atomic E-state index is 0.0446. The summed E-state index contributed by atoms with van der Waals surface area (Å²) < 4.78 is 0. The molecule has 1 heterocycles. The molecular weight excluding hydrogens is 174 g/mol. The summed E-state index contributed by atoms with van der Waals surface area (Å²) in [6.45, 7) is 7.05. The molecule has 2 aliphatic rings. The standard InChI is InChI=1S/C12H23NO/c1-9(2)10-7-13(8-10)11-5-3-4-6-12(11)14/h9-12,14H,3-8H2,1-2H3.